The fraction of sp³-hybridized carbons (Fsp3) is 0.0526. The standard InChI is InChI=1S/C19H11F4N/c20-14-8-5-11-17(18(14)19(21,22)23)24-15-9-3-1-6-12(15)13-7-2-4-10-16(13)24/h1-11H. The maximum Gasteiger partial charge on any atom is 0.421 e. The lowest BCUT2D eigenvalue weighted by molar-refractivity contribution is -0.139. The second-order valence-electron chi connectivity index (χ2n) is 5.50. The van der Waals surface area contributed by atoms with Crippen molar-refractivity contribution in [3.8, 4) is 5.69 Å². The van der Waals surface area contributed by atoms with Crippen molar-refractivity contribution in [3.63, 3.8) is 0 Å². The van der Waals surface area contributed by atoms with Crippen LogP contribution in [0.25, 0.3) is 27.5 Å². The number of alkyl halides is 3. The molecule has 0 aliphatic rings. The molecule has 120 valence electrons. The van der Waals surface area contributed by atoms with Crippen LogP contribution in [0.3, 0.4) is 0 Å². The van der Waals surface area contributed by atoms with Crippen LogP contribution >= 0.6 is 0 Å². The van der Waals surface area contributed by atoms with Crippen molar-refractivity contribution < 1.29 is 17.6 Å². The molecule has 0 saturated carbocycles. The number of hydrogen-bond donors (Lipinski definition) is 0. The number of nitrogens with zero attached hydrogens (tertiary/aromatic N) is 1. The number of fused-ring (bicyclic) bond motifs is 3. The third-order valence-electron chi connectivity index (χ3n) is 4.10. The Bertz CT molecular complexity index is 1010. The van der Waals surface area contributed by atoms with Gasteiger partial charge in [-0.2, -0.15) is 13.2 Å². The average molecular weight is 329 g/mol. The van der Waals surface area contributed by atoms with E-state index in [0.717, 1.165) is 16.8 Å². The van der Waals surface area contributed by atoms with Crippen molar-refractivity contribution >= 4 is 21.8 Å². The molecular weight excluding hydrogens is 318 g/mol. The van der Waals surface area contributed by atoms with Gasteiger partial charge in [0.05, 0.1) is 16.7 Å². The van der Waals surface area contributed by atoms with Crippen molar-refractivity contribution in [3.05, 3.63) is 78.1 Å². The van der Waals surface area contributed by atoms with Crippen molar-refractivity contribution in [2.75, 3.05) is 0 Å². The van der Waals surface area contributed by atoms with Gasteiger partial charge in [0.1, 0.15) is 11.4 Å². The number of rotatable bonds is 1. The molecule has 1 aromatic heterocycles. The van der Waals surface area contributed by atoms with E-state index in [4.69, 9.17) is 0 Å². The van der Waals surface area contributed by atoms with Crippen molar-refractivity contribution in [1.82, 2.24) is 4.57 Å². The number of aromatic nitrogens is 1. The third-order valence-corrected chi connectivity index (χ3v) is 4.10. The SMILES string of the molecule is Fc1cccc(-n2c3ccccc3c3ccccc32)c1C(F)(F)F. The van der Waals surface area contributed by atoms with Gasteiger partial charge in [0.2, 0.25) is 0 Å². The van der Waals surface area contributed by atoms with Gasteiger partial charge in [0.25, 0.3) is 0 Å². The zero-order valence-corrected chi connectivity index (χ0v) is 12.3. The smallest absolute Gasteiger partial charge is 0.309 e. The second-order valence-corrected chi connectivity index (χ2v) is 5.50. The normalized spacial score (nSPS) is 12.2. The molecule has 0 spiro atoms. The van der Waals surface area contributed by atoms with E-state index in [1.807, 2.05) is 24.3 Å². The average Bonchev–Trinajstić information content (AvgIpc) is 2.88. The fourth-order valence-electron chi connectivity index (χ4n) is 3.16. The Morgan fingerprint density at radius 3 is 1.75 bits per heavy atom. The molecule has 5 heteroatoms. The molecular formula is C19H11F4N. The molecule has 1 heterocycles. The summed E-state index contributed by atoms with van der Waals surface area (Å²) in [4.78, 5) is 0. The van der Waals surface area contributed by atoms with E-state index in [1.165, 1.54) is 16.7 Å². The molecule has 0 aliphatic carbocycles. The molecule has 0 bridgehead atoms. The van der Waals surface area contributed by atoms with Gasteiger partial charge < -0.3 is 4.57 Å². The van der Waals surface area contributed by atoms with Gasteiger partial charge in [0, 0.05) is 10.8 Å². The van der Waals surface area contributed by atoms with E-state index in [9.17, 15) is 17.6 Å². The zero-order chi connectivity index (χ0) is 16.9. The molecule has 3 aromatic carbocycles. The number of hydrogen-bond acceptors (Lipinski definition) is 0. The van der Waals surface area contributed by atoms with E-state index in [0.29, 0.717) is 11.0 Å². The molecule has 0 atom stereocenters. The highest BCUT2D eigenvalue weighted by Gasteiger charge is 2.37. The van der Waals surface area contributed by atoms with E-state index in [2.05, 4.69) is 0 Å². The fourth-order valence-corrected chi connectivity index (χ4v) is 3.16. The first-order chi connectivity index (χ1) is 11.5. The number of halogens is 4. The highest BCUT2D eigenvalue weighted by atomic mass is 19.4. The van der Waals surface area contributed by atoms with Crippen LogP contribution in [0, 0.1) is 5.82 Å². The van der Waals surface area contributed by atoms with E-state index >= 15 is 0 Å². The largest absolute Gasteiger partial charge is 0.421 e. The van der Waals surface area contributed by atoms with Gasteiger partial charge in [-0.05, 0) is 24.3 Å². The molecule has 0 saturated heterocycles. The Morgan fingerprint density at radius 2 is 1.21 bits per heavy atom. The Hall–Kier alpha value is -2.82. The minimum Gasteiger partial charge on any atom is -0.309 e. The summed E-state index contributed by atoms with van der Waals surface area (Å²) in [7, 11) is 0. The van der Waals surface area contributed by atoms with Gasteiger partial charge in [-0.3, -0.25) is 0 Å². The molecule has 0 aliphatic heterocycles. The third kappa shape index (κ3) is 2.08. The van der Waals surface area contributed by atoms with Gasteiger partial charge >= 0.3 is 6.18 Å². The molecule has 1 nitrogen and oxygen atoms in total. The summed E-state index contributed by atoms with van der Waals surface area (Å²) in [5.74, 6) is -1.28. The Morgan fingerprint density at radius 1 is 0.667 bits per heavy atom. The monoisotopic (exact) mass is 329 g/mol. The number of para-hydroxylation sites is 2. The Balaban J connectivity index is 2.21. The first-order valence-electron chi connectivity index (χ1n) is 7.33. The van der Waals surface area contributed by atoms with Crippen molar-refractivity contribution in [2.24, 2.45) is 0 Å². The summed E-state index contributed by atoms with van der Waals surface area (Å²) in [5, 5.41) is 1.65. The summed E-state index contributed by atoms with van der Waals surface area (Å²) >= 11 is 0. The molecule has 24 heavy (non-hydrogen) atoms. The lowest BCUT2D eigenvalue weighted by Gasteiger charge is -2.16. The summed E-state index contributed by atoms with van der Waals surface area (Å²) in [6.45, 7) is 0. The lowest BCUT2D eigenvalue weighted by atomic mass is 10.1. The summed E-state index contributed by atoms with van der Waals surface area (Å²) in [6.07, 6.45) is -4.78. The molecule has 4 rings (SSSR count). The lowest BCUT2D eigenvalue weighted by Crippen LogP contribution is -2.13. The first-order valence-corrected chi connectivity index (χ1v) is 7.33. The molecule has 4 aromatic rings. The topological polar surface area (TPSA) is 4.93 Å². The van der Waals surface area contributed by atoms with E-state index in [-0.39, 0.29) is 5.69 Å². The quantitative estimate of drug-likeness (QED) is 0.381. The zero-order valence-electron chi connectivity index (χ0n) is 12.3. The van der Waals surface area contributed by atoms with E-state index < -0.39 is 17.6 Å². The van der Waals surface area contributed by atoms with Crippen LogP contribution in [-0.2, 0) is 6.18 Å². The minimum absolute atomic E-state index is 0.208. The van der Waals surface area contributed by atoms with Crippen LogP contribution in [0.15, 0.2) is 66.7 Å². The maximum atomic E-state index is 14.0. The van der Waals surface area contributed by atoms with Crippen LogP contribution in [0.1, 0.15) is 5.56 Å². The second kappa shape index (κ2) is 5.09. The summed E-state index contributed by atoms with van der Waals surface area (Å²) in [5.41, 5.74) is -0.249. The van der Waals surface area contributed by atoms with Crippen LogP contribution in [0.4, 0.5) is 17.6 Å². The van der Waals surface area contributed by atoms with Crippen LogP contribution in [0.5, 0.6) is 0 Å². The van der Waals surface area contributed by atoms with Crippen LogP contribution in [-0.4, -0.2) is 4.57 Å². The molecule has 0 N–H and O–H groups in total. The molecule has 0 radical (unpaired) electrons. The molecule has 0 amide bonds. The summed E-state index contributed by atoms with van der Waals surface area (Å²) in [6, 6.07) is 17.8. The van der Waals surface area contributed by atoms with Crippen LogP contribution < -0.4 is 0 Å². The van der Waals surface area contributed by atoms with Gasteiger partial charge in [-0.25, -0.2) is 4.39 Å². The van der Waals surface area contributed by atoms with Gasteiger partial charge in [-0.1, -0.05) is 42.5 Å². The highest BCUT2D eigenvalue weighted by molar-refractivity contribution is 6.09. The van der Waals surface area contributed by atoms with Crippen molar-refractivity contribution in [2.45, 2.75) is 6.18 Å². The van der Waals surface area contributed by atoms with Gasteiger partial charge in [0.15, 0.2) is 0 Å². The number of benzene rings is 3. The highest BCUT2D eigenvalue weighted by Crippen LogP contribution is 2.39. The van der Waals surface area contributed by atoms with Crippen molar-refractivity contribution in [1.29, 1.82) is 0 Å². The minimum atomic E-state index is -4.78. The summed E-state index contributed by atoms with van der Waals surface area (Å²) < 4.78 is 55.8. The Labute approximate surface area is 134 Å². The van der Waals surface area contributed by atoms with Gasteiger partial charge in [-0.15, -0.1) is 0 Å². The molecule has 0 unspecified atom stereocenters. The maximum absolute atomic E-state index is 14.0. The first kappa shape index (κ1) is 14.8. The molecule has 0 fully saturated rings. The predicted molar refractivity (Wildman–Crippen MR) is 85.7 cm³/mol. The van der Waals surface area contributed by atoms with E-state index in [1.54, 1.807) is 24.3 Å². The predicted octanol–water partition coefficient (Wildman–Crippen LogP) is 5.94. The van der Waals surface area contributed by atoms with Crippen LogP contribution in [0.2, 0.25) is 0 Å². The Kier molecular flexibility index (Phi) is 3.13.